The zero-order valence-electron chi connectivity index (χ0n) is 16.2. The summed E-state index contributed by atoms with van der Waals surface area (Å²) in [6.45, 7) is 3.51. The van der Waals surface area contributed by atoms with E-state index < -0.39 is 10.0 Å². The van der Waals surface area contributed by atoms with Crippen molar-refractivity contribution in [1.29, 1.82) is 0 Å². The van der Waals surface area contributed by atoms with Crippen LogP contribution in [0.1, 0.15) is 37.8 Å². The van der Waals surface area contributed by atoms with Gasteiger partial charge in [-0.15, -0.1) is 0 Å². The van der Waals surface area contributed by atoms with Crippen LogP contribution >= 0.6 is 0 Å². The molecule has 1 aliphatic heterocycles. The number of sulfonamides is 1. The van der Waals surface area contributed by atoms with Crippen LogP contribution in [0.2, 0.25) is 0 Å². The molecule has 28 heavy (non-hydrogen) atoms. The molecule has 2 aromatic rings. The van der Waals surface area contributed by atoms with Gasteiger partial charge in [0.05, 0.1) is 4.90 Å². The molecule has 0 radical (unpaired) electrons. The van der Waals surface area contributed by atoms with Gasteiger partial charge in [0, 0.05) is 24.3 Å². The van der Waals surface area contributed by atoms with Gasteiger partial charge in [0.25, 0.3) is 5.91 Å². The SMILES string of the molecule is C[C@@H]([NH2+]CC(=O)Nc1ccc(S(=O)(=O)N2CCCCC2)cc1)c1ccccc1. The fourth-order valence-corrected chi connectivity index (χ4v) is 4.87. The minimum Gasteiger partial charge on any atom is -0.333 e. The Morgan fingerprint density at radius 3 is 2.32 bits per heavy atom. The van der Waals surface area contributed by atoms with Crippen molar-refractivity contribution in [2.45, 2.75) is 37.1 Å². The Hall–Kier alpha value is -2.22. The van der Waals surface area contributed by atoms with E-state index in [0.29, 0.717) is 25.3 Å². The van der Waals surface area contributed by atoms with Gasteiger partial charge in [0.1, 0.15) is 6.04 Å². The van der Waals surface area contributed by atoms with Crippen LogP contribution in [0.15, 0.2) is 59.5 Å². The van der Waals surface area contributed by atoms with Crippen molar-refractivity contribution in [2.75, 3.05) is 25.0 Å². The third-order valence-electron chi connectivity index (χ3n) is 5.07. The largest absolute Gasteiger partial charge is 0.333 e. The van der Waals surface area contributed by atoms with E-state index in [1.165, 1.54) is 5.56 Å². The van der Waals surface area contributed by atoms with Gasteiger partial charge >= 0.3 is 0 Å². The summed E-state index contributed by atoms with van der Waals surface area (Å²) in [4.78, 5) is 12.5. The summed E-state index contributed by atoms with van der Waals surface area (Å²) >= 11 is 0. The summed E-state index contributed by atoms with van der Waals surface area (Å²) in [6.07, 6.45) is 2.90. The molecule has 3 rings (SSSR count). The van der Waals surface area contributed by atoms with E-state index in [1.54, 1.807) is 28.6 Å². The van der Waals surface area contributed by atoms with Crippen LogP contribution in [-0.2, 0) is 14.8 Å². The Labute approximate surface area is 167 Å². The predicted molar refractivity (Wildman–Crippen MR) is 109 cm³/mol. The minimum absolute atomic E-state index is 0.116. The van der Waals surface area contributed by atoms with Gasteiger partial charge in [-0.05, 0) is 44.0 Å². The average molecular weight is 403 g/mol. The monoisotopic (exact) mass is 402 g/mol. The third-order valence-corrected chi connectivity index (χ3v) is 6.99. The maximum atomic E-state index is 12.7. The predicted octanol–water partition coefficient (Wildman–Crippen LogP) is 2.12. The fraction of sp³-hybridized carbons (Fsp3) is 0.381. The van der Waals surface area contributed by atoms with Crippen molar-refractivity contribution in [2.24, 2.45) is 0 Å². The zero-order valence-corrected chi connectivity index (χ0v) is 17.0. The Kier molecular flexibility index (Phi) is 6.83. The first-order valence-electron chi connectivity index (χ1n) is 9.75. The summed E-state index contributed by atoms with van der Waals surface area (Å²) < 4.78 is 26.9. The van der Waals surface area contributed by atoms with Crippen molar-refractivity contribution < 1.29 is 18.5 Å². The maximum Gasteiger partial charge on any atom is 0.279 e. The number of carbonyl (C=O) groups excluding carboxylic acids is 1. The number of quaternary nitrogens is 1. The molecule has 150 valence electrons. The third kappa shape index (κ3) is 5.19. The van der Waals surface area contributed by atoms with Crippen molar-refractivity contribution >= 4 is 21.6 Å². The second kappa shape index (κ2) is 9.32. The van der Waals surface area contributed by atoms with E-state index in [0.717, 1.165) is 19.3 Å². The number of amides is 1. The van der Waals surface area contributed by atoms with Crippen molar-refractivity contribution in [3.63, 3.8) is 0 Å². The number of anilines is 1. The molecule has 1 aliphatic rings. The Balaban J connectivity index is 1.54. The molecule has 6 nitrogen and oxygen atoms in total. The van der Waals surface area contributed by atoms with Crippen LogP contribution in [0, 0.1) is 0 Å². The van der Waals surface area contributed by atoms with Crippen molar-refractivity contribution in [1.82, 2.24) is 4.31 Å². The lowest BCUT2D eigenvalue weighted by Gasteiger charge is -2.25. The molecule has 0 aromatic heterocycles. The lowest BCUT2D eigenvalue weighted by Crippen LogP contribution is -2.86. The molecule has 3 N–H and O–H groups in total. The van der Waals surface area contributed by atoms with Gasteiger partial charge in [-0.25, -0.2) is 8.42 Å². The first kappa shape index (κ1) is 20.5. The van der Waals surface area contributed by atoms with E-state index in [4.69, 9.17) is 0 Å². The van der Waals surface area contributed by atoms with Gasteiger partial charge in [-0.3, -0.25) is 4.79 Å². The molecule has 0 aliphatic carbocycles. The topological polar surface area (TPSA) is 83.1 Å². The normalized spacial score (nSPS) is 16.5. The van der Waals surface area contributed by atoms with Gasteiger partial charge in [0.2, 0.25) is 10.0 Å². The molecule has 1 heterocycles. The molecule has 0 unspecified atom stereocenters. The number of nitrogens with zero attached hydrogens (tertiary/aromatic N) is 1. The summed E-state index contributed by atoms with van der Waals surface area (Å²) in [5.74, 6) is -0.116. The molecular weight excluding hydrogens is 374 g/mol. The highest BCUT2D eigenvalue weighted by atomic mass is 32.2. The zero-order chi connectivity index (χ0) is 20.0. The van der Waals surface area contributed by atoms with E-state index >= 15 is 0 Å². The van der Waals surface area contributed by atoms with Crippen molar-refractivity contribution in [3.8, 4) is 0 Å². The Bertz CT molecular complexity index is 877. The molecule has 1 fully saturated rings. The first-order valence-corrected chi connectivity index (χ1v) is 11.2. The van der Waals surface area contributed by atoms with Crippen molar-refractivity contribution in [3.05, 3.63) is 60.2 Å². The van der Waals surface area contributed by atoms with E-state index in [9.17, 15) is 13.2 Å². The molecule has 7 heteroatoms. The second-order valence-corrected chi connectivity index (χ2v) is 9.11. The number of nitrogens with two attached hydrogens (primary N) is 1. The average Bonchev–Trinajstić information content (AvgIpc) is 2.73. The number of nitrogens with one attached hydrogen (secondary N) is 1. The van der Waals surface area contributed by atoms with Gasteiger partial charge in [-0.1, -0.05) is 36.8 Å². The molecule has 0 bridgehead atoms. The molecule has 0 saturated carbocycles. The van der Waals surface area contributed by atoms with E-state index in [-0.39, 0.29) is 16.8 Å². The molecule has 1 saturated heterocycles. The smallest absolute Gasteiger partial charge is 0.279 e. The summed E-state index contributed by atoms with van der Waals surface area (Å²) in [6, 6.07) is 16.6. The number of rotatable bonds is 7. The molecule has 0 spiro atoms. The number of hydrogen-bond donors (Lipinski definition) is 2. The van der Waals surface area contributed by atoms with Gasteiger partial charge < -0.3 is 10.6 Å². The quantitative estimate of drug-likeness (QED) is 0.744. The summed E-state index contributed by atoms with van der Waals surface area (Å²) in [5, 5.41) is 4.80. The molecule has 1 atom stereocenters. The number of hydrogen-bond acceptors (Lipinski definition) is 3. The van der Waals surface area contributed by atoms with Crippen LogP contribution in [0.3, 0.4) is 0 Å². The fourth-order valence-electron chi connectivity index (χ4n) is 3.35. The minimum atomic E-state index is -3.44. The molecule has 2 aromatic carbocycles. The second-order valence-electron chi connectivity index (χ2n) is 7.18. The maximum absolute atomic E-state index is 12.7. The number of carbonyl (C=O) groups is 1. The first-order chi connectivity index (χ1) is 13.5. The molecule has 1 amide bonds. The van der Waals surface area contributed by atoms with Crippen LogP contribution in [0.25, 0.3) is 0 Å². The highest BCUT2D eigenvalue weighted by molar-refractivity contribution is 7.89. The van der Waals surface area contributed by atoms with Gasteiger partial charge in [0.15, 0.2) is 6.54 Å². The summed E-state index contributed by atoms with van der Waals surface area (Å²) in [5.41, 5.74) is 1.77. The van der Waals surface area contributed by atoms with Crippen LogP contribution in [0.4, 0.5) is 5.69 Å². The summed E-state index contributed by atoms with van der Waals surface area (Å²) in [7, 11) is -3.44. The Morgan fingerprint density at radius 2 is 1.68 bits per heavy atom. The van der Waals surface area contributed by atoms with E-state index in [1.807, 2.05) is 35.6 Å². The standard InChI is InChI=1S/C21H27N3O3S/c1-17(18-8-4-2-5-9-18)22-16-21(25)23-19-10-12-20(13-11-19)28(26,27)24-14-6-3-7-15-24/h2,4-5,8-13,17,22H,3,6-7,14-16H2,1H3,(H,23,25)/p+1/t17-/m1/s1. The number of benzene rings is 2. The van der Waals surface area contributed by atoms with Gasteiger partial charge in [-0.2, -0.15) is 4.31 Å². The lowest BCUT2D eigenvalue weighted by molar-refractivity contribution is -0.682. The number of piperidine rings is 1. The van der Waals surface area contributed by atoms with E-state index in [2.05, 4.69) is 12.2 Å². The van der Waals surface area contributed by atoms with Crippen LogP contribution < -0.4 is 10.6 Å². The highest BCUT2D eigenvalue weighted by Gasteiger charge is 2.25. The lowest BCUT2D eigenvalue weighted by atomic mass is 10.1. The van der Waals surface area contributed by atoms with Crippen LogP contribution in [0.5, 0.6) is 0 Å². The molecular formula is C21H28N3O3S+. The highest BCUT2D eigenvalue weighted by Crippen LogP contribution is 2.21. The Morgan fingerprint density at radius 1 is 1.04 bits per heavy atom. The van der Waals surface area contributed by atoms with Crippen LogP contribution in [-0.4, -0.2) is 38.3 Å².